The maximum atomic E-state index is 6.67. The zero-order valence-electron chi connectivity index (χ0n) is 25.4. The molecule has 0 saturated heterocycles. The van der Waals surface area contributed by atoms with Gasteiger partial charge in [-0.05, 0) is 106 Å². The third-order valence-electron chi connectivity index (χ3n) is 10.4. The molecule has 1 aliphatic heterocycles. The van der Waals surface area contributed by atoms with Crippen LogP contribution in [0.15, 0.2) is 158 Å². The summed E-state index contributed by atoms with van der Waals surface area (Å²) in [6, 6.07) is 57.9. The maximum absolute atomic E-state index is 6.67. The average Bonchev–Trinajstić information content (AvgIpc) is 3.13. The van der Waals surface area contributed by atoms with Crippen LogP contribution in [0.1, 0.15) is 0 Å². The van der Waals surface area contributed by atoms with E-state index in [1.54, 1.807) is 0 Å². The van der Waals surface area contributed by atoms with Crippen LogP contribution in [-0.4, -0.2) is 0 Å². The fourth-order valence-electron chi connectivity index (χ4n) is 8.18. The summed E-state index contributed by atoms with van der Waals surface area (Å²) in [5, 5.41) is 15.1. The largest absolute Gasteiger partial charge is 0.455 e. The smallest absolute Gasteiger partial charge is 0.143 e. The van der Waals surface area contributed by atoms with Crippen LogP contribution in [0.5, 0.6) is 11.5 Å². The van der Waals surface area contributed by atoms with Gasteiger partial charge < -0.3 is 4.74 Å². The van der Waals surface area contributed by atoms with Crippen molar-refractivity contribution in [3.05, 3.63) is 158 Å². The Morgan fingerprint density at radius 1 is 0.298 bits per heavy atom. The standard InChI is InChI=1S/C46H26O/c1-2-8-37-28(5-1)17-22-41-39-10-4-9-38-36(23-24-42(45(38)39)47-46(37)41)33-16-12-27-11-15-32(25-34(27)26-33)35-20-18-31-14-13-29-6-3-7-30-19-21-40(35)44(31)43(29)30/h1-26H. The highest BCUT2D eigenvalue weighted by molar-refractivity contribution is 6.25. The number of hydrogen-bond acceptors (Lipinski definition) is 1. The van der Waals surface area contributed by atoms with Crippen molar-refractivity contribution >= 4 is 64.6 Å². The first-order chi connectivity index (χ1) is 23.3. The van der Waals surface area contributed by atoms with E-state index in [1.165, 1.54) is 87.1 Å². The molecule has 1 nitrogen and oxygen atoms in total. The second-order valence-corrected chi connectivity index (χ2v) is 12.9. The summed E-state index contributed by atoms with van der Waals surface area (Å²) in [6.45, 7) is 0. The summed E-state index contributed by atoms with van der Waals surface area (Å²) in [7, 11) is 0. The van der Waals surface area contributed by atoms with Gasteiger partial charge in [-0.1, -0.05) is 133 Å². The fraction of sp³-hybridized carbons (Fsp3) is 0. The maximum Gasteiger partial charge on any atom is 0.143 e. The highest BCUT2D eigenvalue weighted by Gasteiger charge is 2.23. The van der Waals surface area contributed by atoms with Gasteiger partial charge in [0.05, 0.1) is 0 Å². The van der Waals surface area contributed by atoms with Crippen LogP contribution in [0.2, 0.25) is 0 Å². The number of benzene rings is 10. The van der Waals surface area contributed by atoms with E-state index in [-0.39, 0.29) is 0 Å². The van der Waals surface area contributed by atoms with Gasteiger partial charge in [-0.2, -0.15) is 0 Å². The minimum absolute atomic E-state index is 0.917. The Kier molecular flexibility index (Phi) is 4.90. The van der Waals surface area contributed by atoms with Crippen molar-refractivity contribution < 1.29 is 4.74 Å². The molecule has 10 aromatic carbocycles. The first-order valence-corrected chi connectivity index (χ1v) is 16.3. The van der Waals surface area contributed by atoms with Gasteiger partial charge in [0.25, 0.3) is 0 Å². The Bertz CT molecular complexity index is 2910. The number of fused-ring (bicyclic) bond motifs is 5. The SMILES string of the molecule is c1ccc2c3c(ccc2c1)-c1cccc2c(-c4ccc5ccc(-c6ccc7ccc8cccc9ccc6c7c89)cc5c4)ccc(c12)O3. The van der Waals surface area contributed by atoms with Crippen molar-refractivity contribution in [2.45, 2.75) is 0 Å². The topological polar surface area (TPSA) is 9.23 Å². The third-order valence-corrected chi connectivity index (χ3v) is 10.4. The lowest BCUT2D eigenvalue weighted by atomic mass is 9.88. The Labute approximate surface area is 271 Å². The van der Waals surface area contributed by atoms with Crippen LogP contribution in [0, 0.1) is 0 Å². The van der Waals surface area contributed by atoms with Crippen molar-refractivity contribution in [3.63, 3.8) is 0 Å². The first kappa shape index (κ1) is 25.1. The molecule has 216 valence electrons. The van der Waals surface area contributed by atoms with Gasteiger partial charge in [-0.25, -0.2) is 0 Å². The van der Waals surface area contributed by atoms with Crippen LogP contribution in [0.25, 0.3) is 98.0 Å². The molecule has 1 heterocycles. The van der Waals surface area contributed by atoms with Crippen LogP contribution in [0.3, 0.4) is 0 Å². The summed E-state index contributed by atoms with van der Waals surface area (Å²) >= 11 is 0. The van der Waals surface area contributed by atoms with E-state index in [1.807, 2.05) is 0 Å². The van der Waals surface area contributed by atoms with Crippen molar-refractivity contribution in [1.82, 2.24) is 0 Å². The molecule has 0 atom stereocenters. The van der Waals surface area contributed by atoms with E-state index >= 15 is 0 Å². The van der Waals surface area contributed by atoms with Gasteiger partial charge in [0.2, 0.25) is 0 Å². The quantitative estimate of drug-likeness (QED) is 0.181. The van der Waals surface area contributed by atoms with E-state index in [2.05, 4.69) is 158 Å². The van der Waals surface area contributed by atoms with Gasteiger partial charge >= 0.3 is 0 Å². The van der Waals surface area contributed by atoms with Gasteiger partial charge in [0.15, 0.2) is 0 Å². The first-order valence-electron chi connectivity index (χ1n) is 16.3. The molecule has 0 spiro atoms. The molecule has 10 aromatic rings. The van der Waals surface area contributed by atoms with E-state index in [0.717, 1.165) is 22.4 Å². The Balaban J connectivity index is 1.08. The molecule has 0 amide bonds. The lowest BCUT2D eigenvalue weighted by molar-refractivity contribution is 0.493. The fourth-order valence-corrected chi connectivity index (χ4v) is 8.18. The molecule has 0 radical (unpaired) electrons. The zero-order valence-corrected chi connectivity index (χ0v) is 25.4. The summed E-state index contributed by atoms with van der Waals surface area (Å²) < 4.78 is 6.67. The van der Waals surface area contributed by atoms with Crippen LogP contribution >= 0.6 is 0 Å². The van der Waals surface area contributed by atoms with Gasteiger partial charge in [-0.15, -0.1) is 0 Å². The van der Waals surface area contributed by atoms with Gasteiger partial charge in [-0.3, -0.25) is 0 Å². The van der Waals surface area contributed by atoms with Crippen molar-refractivity contribution in [2.24, 2.45) is 0 Å². The predicted octanol–water partition coefficient (Wildman–Crippen LogP) is 13.2. The summed E-state index contributed by atoms with van der Waals surface area (Å²) in [4.78, 5) is 0. The molecule has 0 N–H and O–H groups in total. The molecule has 11 rings (SSSR count). The van der Waals surface area contributed by atoms with Gasteiger partial charge in [0, 0.05) is 16.3 Å². The van der Waals surface area contributed by atoms with E-state index in [0.29, 0.717) is 0 Å². The third kappa shape index (κ3) is 3.49. The monoisotopic (exact) mass is 594 g/mol. The Morgan fingerprint density at radius 3 is 1.70 bits per heavy atom. The summed E-state index contributed by atoms with van der Waals surface area (Å²) in [6.07, 6.45) is 0. The Morgan fingerprint density at radius 2 is 0.872 bits per heavy atom. The lowest BCUT2D eigenvalue weighted by Crippen LogP contribution is -1.98. The van der Waals surface area contributed by atoms with Gasteiger partial charge in [0.1, 0.15) is 11.5 Å². The molecule has 0 unspecified atom stereocenters. The van der Waals surface area contributed by atoms with Crippen molar-refractivity contribution in [3.8, 4) is 44.9 Å². The van der Waals surface area contributed by atoms with Crippen LogP contribution in [0.4, 0.5) is 0 Å². The molecule has 0 saturated carbocycles. The minimum Gasteiger partial charge on any atom is -0.455 e. The number of rotatable bonds is 2. The predicted molar refractivity (Wildman–Crippen MR) is 199 cm³/mol. The van der Waals surface area contributed by atoms with E-state index in [9.17, 15) is 0 Å². The van der Waals surface area contributed by atoms with E-state index < -0.39 is 0 Å². The molecular formula is C46H26O. The minimum atomic E-state index is 0.917. The average molecular weight is 595 g/mol. The molecular weight excluding hydrogens is 569 g/mol. The molecule has 0 bridgehead atoms. The van der Waals surface area contributed by atoms with Crippen molar-refractivity contribution in [2.75, 3.05) is 0 Å². The Hall–Kier alpha value is -6.18. The lowest BCUT2D eigenvalue weighted by Gasteiger charge is -2.24. The number of hydrogen-bond donors (Lipinski definition) is 0. The molecule has 0 fully saturated rings. The summed E-state index contributed by atoms with van der Waals surface area (Å²) in [5.74, 6) is 1.86. The second-order valence-electron chi connectivity index (χ2n) is 12.9. The van der Waals surface area contributed by atoms with E-state index in [4.69, 9.17) is 4.74 Å². The highest BCUT2D eigenvalue weighted by atomic mass is 16.5. The zero-order chi connectivity index (χ0) is 30.6. The molecule has 1 aliphatic rings. The number of ether oxygens (including phenoxy) is 1. The highest BCUT2D eigenvalue weighted by Crippen LogP contribution is 2.51. The van der Waals surface area contributed by atoms with Crippen LogP contribution in [-0.2, 0) is 0 Å². The van der Waals surface area contributed by atoms with Crippen LogP contribution < -0.4 is 4.74 Å². The molecule has 47 heavy (non-hydrogen) atoms. The van der Waals surface area contributed by atoms with Crippen molar-refractivity contribution in [1.29, 1.82) is 0 Å². The molecule has 0 aromatic heterocycles. The summed E-state index contributed by atoms with van der Waals surface area (Å²) in [5.41, 5.74) is 7.31. The normalized spacial score (nSPS) is 12.4. The molecule has 1 heteroatoms. The second kappa shape index (κ2) is 9.19. The molecule has 0 aliphatic carbocycles.